The van der Waals surface area contributed by atoms with Crippen LogP contribution in [0.2, 0.25) is 0 Å². The molecule has 0 spiro atoms. The molecule has 0 aromatic carbocycles. The van der Waals surface area contributed by atoms with Crippen LogP contribution in [0.5, 0.6) is 0 Å². The quantitative estimate of drug-likeness (QED) is 0.432. The average molecular weight is 456 g/mol. The average Bonchev–Trinajstić information content (AvgIpc) is 3.34. The molecule has 0 N–H and O–H groups in total. The second-order valence-corrected chi connectivity index (χ2v) is 12.0. The van der Waals surface area contributed by atoms with Gasteiger partial charge in [0.05, 0.1) is 18.5 Å². The van der Waals surface area contributed by atoms with E-state index in [1.54, 1.807) is 6.20 Å². The predicted octanol–water partition coefficient (Wildman–Crippen LogP) is 5.26. The van der Waals surface area contributed by atoms with Crippen molar-refractivity contribution in [1.82, 2.24) is 9.88 Å². The van der Waals surface area contributed by atoms with Crippen LogP contribution >= 0.6 is 0 Å². The molecule has 1 aromatic heterocycles. The molecule has 4 saturated carbocycles. The summed E-state index contributed by atoms with van der Waals surface area (Å²) in [6.45, 7) is 6.08. The van der Waals surface area contributed by atoms with Crippen LogP contribution in [-0.4, -0.2) is 42.1 Å². The van der Waals surface area contributed by atoms with E-state index >= 15 is 0 Å². The summed E-state index contributed by atoms with van der Waals surface area (Å²) in [5.74, 6) is 5.03. The van der Waals surface area contributed by atoms with Gasteiger partial charge in [-0.25, -0.2) is 4.98 Å². The number of fused-ring (bicyclic) bond motifs is 5. The molecule has 4 unspecified atom stereocenters. The lowest BCUT2D eigenvalue weighted by molar-refractivity contribution is -0.137. The molecular formula is C27H41N3O3. The number of nitrogens with zero attached hydrogens (tertiary/aromatic N) is 3. The van der Waals surface area contributed by atoms with Crippen LogP contribution < -0.4 is 0 Å². The Morgan fingerprint density at radius 1 is 1.15 bits per heavy atom. The SMILES string of the molecule is CN(C)Cc1ncc(CCO/N=C2\CC[C@@]3(C)C(CCC4C3CC[C@]3(C)C(=O)CCC43)C2)o1. The van der Waals surface area contributed by atoms with Gasteiger partial charge in [-0.1, -0.05) is 19.0 Å². The highest BCUT2D eigenvalue weighted by molar-refractivity contribution is 5.87. The fourth-order valence-corrected chi connectivity index (χ4v) is 8.00. The standard InChI is InChI=1S/C27H41N3O3/c1-26-12-9-19(29-32-14-11-20-16-28-25(33-20)17-30(3)4)15-18(26)5-6-21-22-7-8-24(31)27(22,2)13-10-23(21)26/h16,18,21-23H,5-15,17H2,1-4H3/b29-19+/t18?,21?,22?,23?,26-,27-/m0/s1. The molecular weight excluding hydrogens is 414 g/mol. The van der Waals surface area contributed by atoms with E-state index in [1.165, 1.54) is 31.4 Å². The summed E-state index contributed by atoms with van der Waals surface area (Å²) < 4.78 is 5.76. The molecule has 0 amide bonds. The van der Waals surface area contributed by atoms with Crippen molar-refractivity contribution in [2.75, 3.05) is 20.7 Å². The minimum atomic E-state index is -0.0176. The first kappa shape index (κ1) is 23.1. The third kappa shape index (κ3) is 4.17. The van der Waals surface area contributed by atoms with E-state index in [4.69, 9.17) is 9.25 Å². The molecule has 5 rings (SSSR count). The highest BCUT2D eigenvalue weighted by Gasteiger charge is 2.60. The Labute approximate surface area is 198 Å². The van der Waals surface area contributed by atoms with Crippen LogP contribution in [0.4, 0.5) is 0 Å². The van der Waals surface area contributed by atoms with Gasteiger partial charge < -0.3 is 14.2 Å². The van der Waals surface area contributed by atoms with Crippen LogP contribution in [-0.2, 0) is 22.6 Å². The lowest BCUT2D eigenvalue weighted by Gasteiger charge is -2.59. The van der Waals surface area contributed by atoms with Gasteiger partial charge in [0.1, 0.15) is 18.2 Å². The van der Waals surface area contributed by atoms with Gasteiger partial charge in [-0.3, -0.25) is 4.79 Å². The van der Waals surface area contributed by atoms with E-state index in [9.17, 15) is 4.79 Å². The van der Waals surface area contributed by atoms with Crippen molar-refractivity contribution in [3.8, 4) is 0 Å². The number of oxazole rings is 1. The van der Waals surface area contributed by atoms with Gasteiger partial charge in [-0.2, -0.15) is 0 Å². The first-order chi connectivity index (χ1) is 15.8. The maximum atomic E-state index is 12.6. The maximum absolute atomic E-state index is 12.6. The molecule has 6 nitrogen and oxygen atoms in total. The smallest absolute Gasteiger partial charge is 0.208 e. The zero-order chi connectivity index (χ0) is 23.2. The number of oxime groups is 1. The van der Waals surface area contributed by atoms with Crippen LogP contribution in [0.3, 0.4) is 0 Å². The van der Waals surface area contributed by atoms with Gasteiger partial charge in [-0.15, -0.1) is 0 Å². The number of carbonyl (C=O) groups is 1. The third-order valence-corrected chi connectivity index (χ3v) is 9.89. The van der Waals surface area contributed by atoms with Gasteiger partial charge in [-0.05, 0) is 94.5 Å². The summed E-state index contributed by atoms with van der Waals surface area (Å²) in [5, 5.41) is 4.56. The molecule has 33 heavy (non-hydrogen) atoms. The van der Waals surface area contributed by atoms with Crippen LogP contribution in [0, 0.1) is 34.5 Å². The van der Waals surface area contributed by atoms with Crippen molar-refractivity contribution < 1.29 is 14.0 Å². The molecule has 0 aliphatic heterocycles. The van der Waals surface area contributed by atoms with E-state index in [1.807, 2.05) is 19.0 Å². The molecule has 4 fully saturated rings. The zero-order valence-corrected chi connectivity index (χ0v) is 20.9. The second kappa shape index (κ2) is 8.83. The summed E-state index contributed by atoms with van der Waals surface area (Å²) in [4.78, 5) is 24.7. The number of Topliss-reactive ketones (excluding diaryl/α,β-unsaturated/α-hetero) is 1. The van der Waals surface area contributed by atoms with Crippen molar-refractivity contribution in [2.24, 2.45) is 39.7 Å². The largest absolute Gasteiger partial charge is 0.444 e. The molecule has 182 valence electrons. The minimum Gasteiger partial charge on any atom is -0.444 e. The Morgan fingerprint density at radius 3 is 2.82 bits per heavy atom. The fourth-order valence-electron chi connectivity index (χ4n) is 8.00. The van der Waals surface area contributed by atoms with Gasteiger partial charge in [0.15, 0.2) is 0 Å². The zero-order valence-electron chi connectivity index (χ0n) is 20.9. The first-order valence-corrected chi connectivity index (χ1v) is 13.1. The van der Waals surface area contributed by atoms with Crippen LogP contribution in [0.15, 0.2) is 15.8 Å². The van der Waals surface area contributed by atoms with Crippen molar-refractivity contribution in [1.29, 1.82) is 0 Å². The number of aromatic nitrogens is 1. The maximum Gasteiger partial charge on any atom is 0.208 e. The van der Waals surface area contributed by atoms with E-state index in [2.05, 4.69) is 24.0 Å². The van der Waals surface area contributed by atoms with E-state index in [0.29, 0.717) is 42.6 Å². The Morgan fingerprint density at radius 2 is 2.00 bits per heavy atom. The Hall–Kier alpha value is -1.69. The van der Waals surface area contributed by atoms with Crippen LogP contribution in [0.1, 0.15) is 83.3 Å². The predicted molar refractivity (Wildman–Crippen MR) is 128 cm³/mol. The highest BCUT2D eigenvalue weighted by Crippen LogP contribution is 2.65. The third-order valence-electron chi connectivity index (χ3n) is 9.89. The van der Waals surface area contributed by atoms with Crippen molar-refractivity contribution in [3.05, 3.63) is 17.8 Å². The molecule has 1 aromatic rings. The number of hydrogen-bond acceptors (Lipinski definition) is 6. The van der Waals surface area contributed by atoms with E-state index in [-0.39, 0.29) is 5.41 Å². The molecule has 1 heterocycles. The fraction of sp³-hybridized carbons (Fsp3) is 0.815. The van der Waals surface area contributed by atoms with Gasteiger partial charge in [0.2, 0.25) is 5.89 Å². The molecule has 4 aliphatic rings. The first-order valence-electron chi connectivity index (χ1n) is 13.1. The Balaban J connectivity index is 1.16. The van der Waals surface area contributed by atoms with Crippen molar-refractivity contribution in [3.63, 3.8) is 0 Å². The number of hydrogen-bond donors (Lipinski definition) is 0. The van der Waals surface area contributed by atoms with Gasteiger partial charge >= 0.3 is 0 Å². The molecule has 4 aliphatic carbocycles. The van der Waals surface area contributed by atoms with E-state index < -0.39 is 0 Å². The second-order valence-electron chi connectivity index (χ2n) is 12.0. The lowest BCUT2D eigenvalue weighted by Crippen LogP contribution is -2.53. The monoisotopic (exact) mass is 455 g/mol. The topological polar surface area (TPSA) is 67.9 Å². The number of carbonyl (C=O) groups excluding carboxylic acids is 1. The summed E-state index contributed by atoms with van der Waals surface area (Å²) in [6, 6.07) is 0. The van der Waals surface area contributed by atoms with E-state index in [0.717, 1.165) is 55.6 Å². The van der Waals surface area contributed by atoms with Crippen molar-refractivity contribution >= 4 is 11.5 Å². The van der Waals surface area contributed by atoms with Crippen LogP contribution in [0.25, 0.3) is 0 Å². The normalized spacial score (nSPS) is 39.4. The lowest BCUT2D eigenvalue weighted by atomic mass is 9.45. The van der Waals surface area contributed by atoms with Gasteiger partial charge in [0.25, 0.3) is 0 Å². The minimum absolute atomic E-state index is 0.0176. The van der Waals surface area contributed by atoms with Gasteiger partial charge in [0, 0.05) is 18.3 Å². The Kier molecular flexibility index (Phi) is 6.17. The molecule has 6 atom stereocenters. The molecule has 0 radical (unpaired) electrons. The molecule has 0 saturated heterocycles. The number of ketones is 1. The summed E-state index contributed by atoms with van der Waals surface area (Å²) in [7, 11) is 4.01. The summed E-state index contributed by atoms with van der Waals surface area (Å²) in [6.07, 6.45) is 12.7. The van der Waals surface area contributed by atoms with Crippen molar-refractivity contribution in [2.45, 2.75) is 84.6 Å². The molecule has 6 heteroatoms. The number of rotatable bonds is 6. The summed E-state index contributed by atoms with van der Waals surface area (Å²) in [5.41, 5.74) is 1.62. The highest BCUT2D eigenvalue weighted by atomic mass is 16.6. The Bertz CT molecular complexity index is 908. The molecule has 0 bridgehead atoms. The summed E-state index contributed by atoms with van der Waals surface area (Å²) >= 11 is 0.